The third kappa shape index (κ3) is 3.51. The minimum atomic E-state index is 0.408. The summed E-state index contributed by atoms with van der Waals surface area (Å²) in [5, 5.41) is 9.91. The van der Waals surface area contributed by atoms with E-state index >= 15 is 0 Å². The van der Waals surface area contributed by atoms with Crippen LogP contribution >= 0.6 is 15.9 Å². The summed E-state index contributed by atoms with van der Waals surface area (Å²) in [4.78, 5) is 2.46. The Hall–Kier alpha value is -0.540. The van der Waals surface area contributed by atoms with Crippen molar-refractivity contribution in [2.45, 2.75) is 46.1 Å². The Balaban J connectivity index is 1.97. The Kier molecular flexibility index (Phi) is 4.91. The highest BCUT2D eigenvalue weighted by atomic mass is 79.9. The van der Waals surface area contributed by atoms with Crippen LogP contribution in [0.15, 0.2) is 22.7 Å². The summed E-state index contributed by atoms with van der Waals surface area (Å²) < 4.78 is 1.04. The molecule has 2 rings (SSSR count). The molecule has 1 aliphatic rings. The summed E-state index contributed by atoms with van der Waals surface area (Å²) >= 11 is 3.47. The zero-order valence-corrected chi connectivity index (χ0v) is 13.5. The van der Waals surface area contributed by atoms with Crippen molar-refractivity contribution in [3.63, 3.8) is 0 Å². The number of hydrogen-bond acceptors (Lipinski definition) is 2. The van der Waals surface area contributed by atoms with Gasteiger partial charge in [-0.25, -0.2) is 0 Å². The fourth-order valence-electron chi connectivity index (χ4n) is 3.06. The highest BCUT2D eigenvalue weighted by Crippen LogP contribution is 2.38. The van der Waals surface area contributed by atoms with Gasteiger partial charge in [0.2, 0.25) is 0 Å². The van der Waals surface area contributed by atoms with E-state index in [1.54, 1.807) is 6.07 Å². The fraction of sp³-hybridized carbons (Fsp3) is 0.625. The van der Waals surface area contributed by atoms with E-state index in [9.17, 15) is 5.11 Å². The molecule has 0 amide bonds. The van der Waals surface area contributed by atoms with Gasteiger partial charge in [-0.05, 0) is 49.5 Å². The largest absolute Gasteiger partial charge is 0.508 e. The number of piperidine rings is 1. The summed E-state index contributed by atoms with van der Waals surface area (Å²) in [7, 11) is 0. The number of aromatic hydroxyl groups is 1. The van der Waals surface area contributed by atoms with E-state index in [-0.39, 0.29) is 0 Å². The molecule has 0 saturated carbocycles. The quantitative estimate of drug-likeness (QED) is 0.877. The SMILES string of the molecule is CCC1(CC)CCN(Cc2cc(Br)ccc2O)CC1. The number of halogens is 1. The normalized spacial score (nSPS) is 19.5. The van der Waals surface area contributed by atoms with Gasteiger partial charge in [0.25, 0.3) is 0 Å². The number of rotatable bonds is 4. The van der Waals surface area contributed by atoms with Crippen molar-refractivity contribution in [1.82, 2.24) is 4.90 Å². The molecule has 1 aromatic rings. The molecular weight excluding hydrogens is 302 g/mol. The van der Waals surface area contributed by atoms with Crippen LogP contribution in [0.5, 0.6) is 5.75 Å². The average molecular weight is 326 g/mol. The second-order valence-corrected chi connectivity index (χ2v) is 6.67. The predicted octanol–water partition coefficient (Wildman–Crippen LogP) is 4.56. The van der Waals surface area contributed by atoms with E-state index in [1.165, 1.54) is 25.7 Å². The van der Waals surface area contributed by atoms with E-state index in [2.05, 4.69) is 34.7 Å². The van der Waals surface area contributed by atoms with Crippen LogP contribution < -0.4 is 0 Å². The van der Waals surface area contributed by atoms with Gasteiger partial charge >= 0.3 is 0 Å². The summed E-state index contributed by atoms with van der Waals surface area (Å²) in [5.41, 5.74) is 1.59. The lowest BCUT2D eigenvalue weighted by Crippen LogP contribution is -2.39. The summed E-state index contributed by atoms with van der Waals surface area (Å²) in [5.74, 6) is 0.408. The molecule has 0 unspecified atom stereocenters. The molecule has 19 heavy (non-hydrogen) atoms. The lowest BCUT2D eigenvalue weighted by atomic mass is 9.74. The van der Waals surface area contributed by atoms with Gasteiger partial charge in [-0.3, -0.25) is 4.90 Å². The Morgan fingerprint density at radius 1 is 1.21 bits per heavy atom. The standard InChI is InChI=1S/C16H24BrNO/c1-3-16(4-2)7-9-18(10-8-16)12-13-11-14(17)5-6-15(13)19/h5-6,11,19H,3-4,7-10,12H2,1-2H3. The Morgan fingerprint density at radius 2 is 1.84 bits per heavy atom. The van der Waals surface area contributed by atoms with Crippen LogP contribution in [0.3, 0.4) is 0 Å². The number of nitrogens with zero attached hydrogens (tertiary/aromatic N) is 1. The molecular formula is C16H24BrNO. The molecule has 1 fully saturated rings. The van der Waals surface area contributed by atoms with E-state index in [1.807, 2.05) is 12.1 Å². The zero-order chi connectivity index (χ0) is 13.9. The smallest absolute Gasteiger partial charge is 0.120 e. The van der Waals surface area contributed by atoms with Crippen molar-refractivity contribution >= 4 is 15.9 Å². The molecule has 3 heteroatoms. The topological polar surface area (TPSA) is 23.5 Å². The number of likely N-dealkylation sites (tertiary alicyclic amines) is 1. The molecule has 0 radical (unpaired) electrons. The molecule has 2 nitrogen and oxygen atoms in total. The average Bonchev–Trinajstić information content (AvgIpc) is 2.44. The Morgan fingerprint density at radius 3 is 2.42 bits per heavy atom. The molecule has 0 aromatic heterocycles. The van der Waals surface area contributed by atoms with Gasteiger partial charge in [-0.1, -0.05) is 42.6 Å². The van der Waals surface area contributed by atoms with Gasteiger partial charge in [0, 0.05) is 16.6 Å². The first-order valence-corrected chi connectivity index (χ1v) is 8.07. The lowest BCUT2D eigenvalue weighted by Gasteiger charge is -2.41. The highest BCUT2D eigenvalue weighted by Gasteiger charge is 2.31. The maximum atomic E-state index is 9.91. The maximum absolute atomic E-state index is 9.91. The predicted molar refractivity (Wildman–Crippen MR) is 83.3 cm³/mol. The van der Waals surface area contributed by atoms with Crippen molar-refractivity contribution in [2.75, 3.05) is 13.1 Å². The van der Waals surface area contributed by atoms with Crippen LogP contribution in [0, 0.1) is 5.41 Å². The van der Waals surface area contributed by atoms with Crippen molar-refractivity contribution in [3.05, 3.63) is 28.2 Å². The van der Waals surface area contributed by atoms with Gasteiger partial charge in [0.15, 0.2) is 0 Å². The molecule has 1 aromatic carbocycles. The Bertz CT molecular complexity index is 419. The van der Waals surface area contributed by atoms with Crippen LogP contribution in [0.1, 0.15) is 45.1 Å². The van der Waals surface area contributed by atoms with Gasteiger partial charge in [-0.2, -0.15) is 0 Å². The molecule has 106 valence electrons. The summed E-state index contributed by atoms with van der Waals surface area (Å²) in [6, 6.07) is 5.68. The zero-order valence-electron chi connectivity index (χ0n) is 12.0. The fourth-order valence-corrected chi connectivity index (χ4v) is 3.47. The molecule has 0 spiro atoms. The van der Waals surface area contributed by atoms with Crippen LogP contribution in [-0.4, -0.2) is 23.1 Å². The van der Waals surface area contributed by atoms with E-state index < -0.39 is 0 Å². The van der Waals surface area contributed by atoms with Gasteiger partial charge in [-0.15, -0.1) is 0 Å². The second-order valence-electron chi connectivity index (χ2n) is 5.76. The number of benzene rings is 1. The second kappa shape index (κ2) is 6.27. The van der Waals surface area contributed by atoms with Gasteiger partial charge < -0.3 is 5.11 Å². The van der Waals surface area contributed by atoms with Gasteiger partial charge in [0.1, 0.15) is 5.75 Å². The van der Waals surface area contributed by atoms with Crippen LogP contribution in [0.4, 0.5) is 0 Å². The molecule has 1 N–H and O–H groups in total. The summed E-state index contributed by atoms with van der Waals surface area (Å²) in [6.45, 7) is 7.79. The van der Waals surface area contributed by atoms with Crippen LogP contribution in [0.2, 0.25) is 0 Å². The minimum absolute atomic E-state index is 0.408. The molecule has 1 heterocycles. The lowest BCUT2D eigenvalue weighted by molar-refractivity contribution is 0.0904. The number of phenols is 1. The van der Waals surface area contributed by atoms with Gasteiger partial charge in [0.05, 0.1) is 0 Å². The van der Waals surface area contributed by atoms with Crippen molar-refractivity contribution in [3.8, 4) is 5.75 Å². The highest BCUT2D eigenvalue weighted by molar-refractivity contribution is 9.10. The monoisotopic (exact) mass is 325 g/mol. The summed E-state index contributed by atoms with van der Waals surface area (Å²) in [6.07, 6.45) is 5.16. The van der Waals surface area contributed by atoms with E-state index in [0.717, 1.165) is 29.7 Å². The Labute approximate surface area is 124 Å². The molecule has 0 bridgehead atoms. The first-order chi connectivity index (χ1) is 9.08. The minimum Gasteiger partial charge on any atom is -0.508 e. The molecule has 0 atom stereocenters. The third-order valence-electron chi connectivity index (χ3n) is 4.85. The van der Waals surface area contributed by atoms with E-state index in [4.69, 9.17) is 0 Å². The number of phenolic OH excluding ortho intramolecular Hbond substituents is 1. The first-order valence-electron chi connectivity index (χ1n) is 7.28. The van der Waals surface area contributed by atoms with Crippen molar-refractivity contribution in [1.29, 1.82) is 0 Å². The molecule has 1 aliphatic heterocycles. The van der Waals surface area contributed by atoms with Crippen LogP contribution in [-0.2, 0) is 6.54 Å². The van der Waals surface area contributed by atoms with Crippen molar-refractivity contribution in [2.24, 2.45) is 5.41 Å². The first kappa shape index (κ1) is 14.9. The third-order valence-corrected chi connectivity index (χ3v) is 5.35. The maximum Gasteiger partial charge on any atom is 0.120 e. The van der Waals surface area contributed by atoms with Crippen LogP contribution in [0.25, 0.3) is 0 Å². The molecule has 0 aliphatic carbocycles. The molecule has 1 saturated heterocycles. The van der Waals surface area contributed by atoms with E-state index in [0.29, 0.717) is 11.2 Å². The number of hydrogen-bond donors (Lipinski definition) is 1. The van der Waals surface area contributed by atoms with Crippen molar-refractivity contribution < 1.29 is 5.11 Å².